The summed E-state index contributed by atoms with van der Waals surface area (Å²) in [6, 6.07) is 0.247. The van der Waals surface area contributed by atoms with Gasteiger partial charge in [0.1, 0.15) is 0 Å². The molecule has 106 valence electrons. The van der Waals surface area contributed by atoms with Gasteiger partial charge in [0.05, 0.1) is 6.04 Å². The van der Waals surface area contributed by atoms with Crippen molar-refractivity contribution in [2.75, 3.05) is 24.5 Å². The number of aromatic nitrogens is 2. The Morgan fingerprint density at radius 1 is 1.21 bits per heavy atom. The molecule has 0 amide bonds. The minimum Gasteiger partial charge on any atom is -0.338 e. The highest BCUT2D eigenvalue weighted by Crippen LogP contribution is 2.27. The monoisotopic (exact) mass is 264 g/mol. The van der Waals surface area contributed by atoms with Crippen LogP contribution in [0.5, 0.6) is 0 Å². The van der Waals surface area contributed by atoms with Crippen molar-refractivity contribution in [1.29, 1.82) is 0 Å². The second-order valence-corrected chi connectivity index (χ2v) is 5.97. The molecular weight excluding hydrogens is 240 g/mol. The molecule has 2 aliphatic rings. The van der Waals surface area contributed by atoms with Gasteiger partial charge in [0, 0.05) is 13.1 Å². The van der Waals surface area contributed by atoms with E-state index in [4.69, 9.17) is 4.52 Å². The normalized spacial score (nSPS) is 29.2. The lowest BCUT2D eigenvalue weighted by Crippen LogP contribution is -2.31. The molecule has 2 saturated heterocycles. The van der Waals surface area contributed by atoms with E-state index in [0.717, 1.165) is 43.8 Å². The molecule has 2 atom stereocenters. The lowest BCUT2D eigenvalue weighted by Gasteiger charge is -2.25. The quantitative estimate of drug-likeness (QED) is 0.889. The van der Waals surface area contributed by atoms with Gasteiger partial charge in [-0.1, -0.05) is 19.8 Å². The third-order valence-electron chi connectivity index (χ3n) is 4.28. The van der Waals surface area contributed by atoms with Crippen molar-refractivity contribution in [3.8, 4) is 0 Å². The van der Waals surface area contributed by atoms with Gasteiger partial charge in [-0.15, -0.1) is 0 Å². The highest BCUT2D eigenvalue weighted by molar-refractivity contribution is 5.28. The van der Waals surface area contributed by atoms with Crippen LogP contribution in [0.15, 0.2) is 4.52 Å². The first-order valence-electron chi connectivity index (χ1n) is 7.65. The van der Waals surface area contributed by atoms with E-state index in [1.807, 2.05) is 0 Å². The van der Waals surface area contributed by atoms with Crippen molar-refractivity contribution in [2.24, 2.45) is 5.92 Å². The summed E-state index contributed by atoms with van der Waals surface area (Å²) in [7, 11) is 0. The summed E-state index contributed by atoms with van der Waals surface area (Å²) in [5, 5.41) is 7.66. The predicted molar refractivity (Wildman–Crippen MR) is 74.1 cm³/mol. The molecule has 1 aromatic rings. The summed E-state index contributed by atoms with van der Waals surface area (Å²) in [5.41, 5.74) is 0. The van der Waals surface area contributed by atoms with Crippen LogP contribution >= 0.6 is 0 Å². The van der Waals surface area contributed by atoms with Crippen molar-refractivity contribution < 1.29 is 4.52 Å². The zero-order chi connectivity index (χ0) is 13.1. The Hall–Kier alpha value is -1.10. The zero-order valence-electron chi connectivity index (χ0n) is 11.8. The molecular formula is C14H24N4O. The maximum Gasteiger partial charge on any atom is 0.266 e. The van der Waals surface area contributed by atoms with Gasteiger partial charge in [0.2, 0.25) is 5.89 Å². The van der Waals surface area contributed by atoms with Gasteiger partial charge >= 0.3 is 0 Å². The first kappa shape index (κ1) is 12.9. The van der Waals surface area contributed by atoms with E-state index in [1.54, 1.807) is 0 Å². The molecule has 1 aromatic heterocycles. The topological polar surface area (TPSA) is 54.2 Å². The van der Waals surface area contributed by atoms with E-state index in [1.165, 1.54) is 32.1 Å². The highest BCUT2D eigenvalue weighted by atomic mass is 16.5. The number of anilines is 1. The summed E-state index contributed by atoms with van der Waals surface area (Å²) >= 11 is 0. The van der Waals surface area contributed by atoms with E-state index in [9.17, 15) is 0 Å². The minimum atomic E-state index is 0.247. The summed E-state index contributed by atoms with van der Waals surface area (Å²) in [6.45, 7) is 5.47. The van der Waals surface area contributed by atoms with Crippen LogP contribution in [0.3, 0.4) is 0 Å². The van der Waals surface area contributed by atoms with Crippen LogP contribution in [0.2, 0.25) is 0 Å². The number of hydrogen-bond acceptors (Lipinski definition) is 5. The van der Waals surface area contributed by atoms with Crippen LogP contribution in [-0.2, 0) is 0 Å². The molecule has 3 rings (SSSR count). The number of hydrogen-bond donors (Lipinski definition) is 1. The number of piperidine rings is 1. The summed E-state index contributed by atoms with van der Waals surface area (Å²) in [5.74, 6) is 2.29. The Labute approximate surface area is 114 Å². The van der Waals surface area contributed by atoms with E-state index in [2.05, 4.69) is 27.3 Å². The fourth-order valence-electron chi connectivity index (χ4n) is 3.06. The molecule has 0 radical (unpaired) electrons. The van der Waals surface area contributed by atoms with Crippen LogP contribution in [0, 0.1) is 5.92 Å². The van der Waals surface area contributed by atoms with Crippen LogP contribution in [0.4, 0.5) is 5.95 Å². The fourth-order valence-corrected chi connectivity index (χ4v) is 3.06. The highest BCUT2D eigenvalue weighted by Gasteiger charge is 2.26. The lowest BCUT2D eigenvalue weighted by atomic mass is 9.94. The molecule has 1 N–H and O–H groups in total. The van der Waals surface area contributed by atoms with Crippen LogP contribution in [-0.4, -0.2) is 29.8 Å². The van der Waals surface area contributed by atoms with Gasteiger partial charge in [-0.3, -0.25) is 0 Å². The van der Waals surface area contributed by atoms with Gasteiger partial charge in [0.15, 0.2) is 0 Å². The Balaban J connectivity index is 1.68. The molecule has 5 nitrogen and oxygen atoms in total. The third kappa shape index (κ3) is 3.08. The predicted octanol–water partition coefficient (Wildman–Crippen LogP) is 2.51. The average molecular weight is 264 g/mol. The molecule has 5 heteroatoms. The maximum atomic E-state index is 5.48. The second-order valence-electron chi connectivity index (χ2n) is 5.97. The molecule has 0 aliphatic carbocycles. The average Bonchev–Trinajstić information content (AvgIpc) is 2.75. The standard InChI is InChI=1S/C14H24N4O/c1-11-6-7-15-12(10-11)13-16-14(17-19-13)18-8-4-2-3-5-9-18/h11-12,15H,2-10H2,1H3. The molecule has 2 unspecified atom stereocenters. The zero-order valence-corrected chi connectivity index (χ0v) is 11.8. The summed E-state index contributed by atoms with van der Waals surface area (Å²) in [4.78, 5) is 6.89. The molecule has 0 spiro atoms. The Morgan fingerprint density at radius 2 is 2.00 bits per heavy atom. The summed E-state index contributed by atoms with van der Waals surface area (Å²) in [6.07, 6.45) is 7.46. The second kappa shape index (κ2) is 5.90. The molecule has 3 heterocycles. The van der Waals surface area contributed by atoms with Crippen LogP contribution in [0.25, 0.3) is 0 Å². The van der Waals surface area contributed by atoms with Crippen molar-refractivity contribution >= 4 is 5.95 Å². The molecule has 0 saturated carbocycles. The lowest BCUT2D eigenvalue weighted by molar-refractivity contribution is 0.260. The molecule has 0 aromatic carbocycles. The van der Waals surface area contributed by atoms with Crippen LogP contribution < -0.4 is 10.2 Å². The Bertz CT molecular complexity index is 381. The SMILES string of the molecule is CC1CCNC(c2nc(N3CCCCCC3)no2)C1. The molecule has 0 bridgehead atoms. The van der Waals surface area contributed by atoms with Crippen molar-refractivity contribution in [3.63, 3.8) is 0 Å². The summed E-state index contributed by atoms with van der Waals surface area (Å²) < 4.78 is 5.48. The minimum absolute atomic E-state index is 0.247. The van der Waals surface area contributed by atoms with E-state index >= 15 is 0 Å². The maximum absolute atomic E-state index is 5.48. The first-order valence-corrected chi connectivity index (χ1v) is 7.65. The van der Waals surface area contributed by atoms with Gasteiger partial charge in [0.25, 0.3) is 5.95 Å². The van der Waals surface area contributed by atoms with Gasteiger partial charge in [-0.25, -0.2) is 0 Å². The van der Waals surface area contributed by atoms with Gasteiger partial charge in [-0.2, -0.15) is 4.98 Å². The fraction of sp³-hybridized carbons (Fsp3) is 0.857. The molecule has 2 fully saturated rings. The first-order chi connectivity index (χ1) is 9.33. The number of nitrogens with one attached hydrogen (secondary N) is 1. The Kier molecular flexibility index (Phi) is 4.01. The number of nitrogens with zero attached hydrogens (tertiary/aromatic N) is 3. The van der Waals surface area contributed by atoms with E-state index in [-0.39, 0.29) is 6.04 Å². The van der Waals surface area contributed by atoms with Gasteiger partial charge in [-0.05, 0) is 43.3 Å². The number of rotatable bonds is 2. The van der Waals surface area contributed by atoms with Crippen molar-refractivity contribution in [3.05, 3.63) is 5.89 Å². The molecule has 2 aliphatic heterocycles. The smallest absolute Gasteiger partial charge is 0.266 e. The van der Waals surface area contributed by atoms with Crippen LogP contribution in [0.1, 0.15) is 57.4 Å². The third-order valence-corrected chi connectivity index (χ3v) is 4.28. The largest absolute Gasteiger partial charge is 0.338 e. The van der Waals surface area contributed by atoms with Crippen molar-refractivity contribution in [1.82, 2.24) is 15.5 Å². The Morgan fingerprint density at radius 3 is 2.74 bits per heavy atom. The van der Waals surface area contributed by atoms with Crippen molar-refractivity contribution in [2.45, 2.75) is 51.5 Å². The van der Waals surface area contributed by atoms with Gasteiger partial charge < -0.3 is 14.7 Å². The van der Waals surface area contributed by atoms with E-state index < -0.39 is 0 Å². The van der Waals surface area contributed by atoms with E-state index in [0.29, 0.717) is 0 Å². The molecule has 19 heavy (non-hydrogen) atoms.